The molecule has 0 saturated carbocycles. The van der Waals surface area contributed by atoms with Gasteiger partial charge in [-0.25, -0.2) is 4.79 Å². The predicted octanol–water partition coefficient (Wildman–Crippen LogP) is 0.990. The molecule has 0 bridgehead atoms. The Hall–Kier alpha value is -1.76. The normalized spacial score (nSPS) is 10.2. The van der Waals surface area contributed by atoms with E-state index in [-0.39, 0.29) is 17.7 Å². The Bertz CT molecular complexity index is 437. The summed E-state index contributed by atoms with van der Waals surface area (Å²) in [5, 5.41) is 4.80. The van der Waals surface area contributed by atoms with Crippen molar-refractivity contribution in [3.05, 3.63) is 18.5 Å². The molecular formula is C11H16N4O2S. The van der Waals surface area contributed by atoms with Gasteiger partial charge in [-0.3, -0.25) is 15.1 Å². The van der Waals surface area contributed by atoms with Gasteiger partial charge in [0.25, 0.3) is 0 Å². The van der Waals surface area contributed by atoms with E-state index in [1.54, 1.807) is 12.3 Å². The lowest BCUT2D eigenvalue weighted by Gasteiger charge is -2.09. The number of aromatic nitrogens is 1. The molecule has 0 spiro atoms. The van der Waals surface area contributed by atoms with Crippen molar-refractivity contribution in [2.24, 2.45) is 0 Å². The molecule has 0 aliphatic carbocycles. The van der Waals surface area contributed by atoms with E-state index in [2.05, 4.69) is 15.6 Å². The first-order chi connectivity index (χ1) is 8.49. The molecule has 1 aromatic rings. The van der Waals surface area contributed by atoms with E-state index in [1.807, 2.05) is 13.8 Å². The van der Waals surface area contributed by atoms with Gasteiger partial charge in [-0.1, -0.05) is 0 Å². The second kappa shape index (κ2) is 6.85. The number of carbonyl (C=O) groups excluding carboxylic acids is 2. The van der Waals surface area contributed by atoms with Gasteiger partial charge in [0.15, 0.2) is 0 Å². The monoisotopic (exact) mass is 268 g/mol. The van der Waals surface area contributed by atoms with E-state index in [0.29, 0.717) is 5.69 Å². The third kappa shape index (κ3) is 5.05. The van der Waals surface area contributed by atoms with Crippen molar-refractivity contribution in [2.45, 2.75) is 24.8 Å². The number of imide groups is 1. The van der Waals surface area contributed by atoms with Gasteiger partial charge in [-0.2, -0.15) is 0 Å². The number of anilines is 1. The Labute approximate surface area is 110 Å². The number of hydrogen-bond acceptors (Lipinski definition) is 5. The number of nitrogens with two attached hydrogens (primary N) is 1. The summed E-state index contributed by atoms with van der Waals surface area (Å²) in [6.45, 7) is 3.63. The molecule has 6 nitrogen and oxygen atoms in total. The summed E-state index contributed by atoms with van der Waals surface area (Å²) in [4.78, 5) is 27.3. The minimum Gasteiger partial charge on any atom is -0.397 e. The summed E-state index contributed by atoms with van der Waals surface area (Å²) in [7, 11) is 0. The maximum Gasteiger partial charge on any atom is 0.321 e. The fraction of sp³-hybridized carbons (Fsp3) is 0.364. The molecule has 0 saturated heterocycles. The van der Waals surface area contributed by atoms with Crippen LogP contribution in [0.2, 0.25) is 0 Å². The molecule has 3 amide bonds. The molecule has 0 aliphatic heterocycles. The molecule has 0 radical (unpaired) electrons. The van der Waals surface area contributed by atoms with Gasteiger partial charge in [0, 0.05) is 17.1 Å². The number of carbonyl (C=O) groups is 2. The summed E-state index contributed by atoms with van der Waals surface area (Å²) >= 11 is 1.26. The van der Waals surface area contributed by atoms with E-state index in [9.17, 15) is 9.59 Å². The highest BCUT2D eigenvalue weighted by atomic mass is 32.2. The minimum atomic E-state index is -0.488. The SMILES string of the molecule is CC(C)NC(=O)NC(=O)CSc1ccncc1N. The van der Waals surface area contributed by atoms with Crippen LogP contribution in [0.15, 0.2) is 23.4 Å². The zero-order valence-electron chi connectivity index (χ0n) is 10.3. The number of nitrogens with one attached hydrogen (secondary N) is 2. The van der Waals surface area contributed by atoms with Crippen molar-refractivity contribution in [3.63, 3.8) is 0 Å². The van der Waals surface area contributed by atoms with Crippen molar-refractivity contribution in [2.75, 3.05) is 11.5 Å². The zero-order valence-corrected chi connectivity index (χ0v) is 11.1. The van der Waals surface area contributed by atoms with E-state index in [0.717, 1.165) is 4.90 Å². The summed E-state index contributed by atoms with van der Waals surface area (Å²) < 4.78 is 0. The molecule has 0 unspecified atom stereocenters. The maximum atomic E-state index is 11.5. The topological polar surface area (TPSA) is 97.1 Å². The number of nitrogen functional groups attached to an aromatic ring is 1. The van der Waals surface area contributed by atoms with Crippen LogP contribution in [-0.4, -0.2) is 28.7 Å². The Morgan fingerprint density at radius 3 is 2.83 bits per heavy atom. The summed E-state index contributed by atoms with van der Waals surface area (Å²) in [6, 6.07) is 1.22. The first-order valence-corrected chi connectivity index (χ1v) is 6.40. The maximum absolute atomic E-state index is 11.5. The van der Waals surface area contributed by atoms with Crippen molar-refractivity contribution >= 4 is 29.4 Å². The van der Waals surface area contributed by atoms with Crippen LogP contribution >= 0.6 is 11.8 Å². The fourth-order valence-corrected chi connectivity index (χ4v) is 1.86. The van der Waals surface area contributed by atoms with Gasteiger partial charge >= 0.3 is 6.03 Å². The third-order valence-corrected chi connectivity index (χ3v) is 2.93. The zero-order chi connectivity index (χ0) is 13.5. The Balaban J connectivity index is 2.38. The van der Waals surface area contributed by atoms with E-state index in [4.69, 9.17) is 5.73 Å². The summed E-state index contributed by atoms with van der Waals surface area (Å²) in [6.07, 6.45) is 3.12. The van der Waals surface area contributed by atoms with Crippen molar-refractivity contribution in [1.82, 2.24) is 15.6 Å². The Morgan fingerprint density at radius 2 is 2.22 bits per heavy atom. The molecular weight excluding hydrogens is 252 g/mol. The highest BCUT2D eigenvalue weighted by molar-refractivity contribution is 8.00. The number of nitrogens with zero attached hydrogens (tertiary/aromatic N) is 1. The van der Waals surface area contributed by atoms with Crippen LogP contribution < -0.4 is 16.4 Å². The van der Waals surface area contributed by atoms with Crippen LogP contribution in [0.1, 0.15) is 13.8 Å². The molecule has 0 aromatic carbocycles. The van der Waals surface area contributed by atoms with Gasteiger partial charge in [-0.05, 0) is 19.9 Å². The number of urea groups is 1. The molecule has 98 valence electrons. The molecule has 0 atom stereocenters. The molecule has 0 aliphatic rings. The molecule has 1 heterocycles. The molecule has 1 rings (SSSR count). The van der Waals surface area contributed by atoms with Crippen molar-refractivity contribution < 1.29 is 9.59 Å². The van der Waals surface area contributed by atoms with Crippen LogP contribution in [0, 0.1) is 0 Å². The Morgan fingerprint density at radius 1 is 1.50 bits per heavy atom. The number of pyridine rings is 1. The largest absolute Gasteiger partial charge is 0.397 e. The van der Waals surface area contributed by atoms with Crippen LogP contribution in [0.5, 0.6) is 0 Å². The lowest BCUT2D eigenvalue weighted by atomic mass is 10.4. The quantitative estimate of drug-likeness (QED) is 0.707. The number of amides is 3. The van der Waals surface area contributed by atoms with Gasteiger partial charge in [0.05, 0.1) is 17.6 Å². The molecule has 7 heteroatoms. The minimum absolute atomic E-state index is 0.0127. The second-order valence-corrected chi connectivity index (χ2v) is 4.90. The first-order valence-electron chi connectivity index (χ1n) is 5.41. The third-order valence-electron chi connectivity index (χ3n) is 1.84. The first kappa shape index (κ1) is 14.3. The molecule has 4 N–H and O–H groups in total. The average molecular weight is 268 g/mol. The second-order valence-electron chi connectivity index (χ2n) is 3.88. The Kier molecular flexibility index (Phi) is 5.44. The van der Waals surface area contributed by atoms with Crippen LogP contribution in [0.25, 0.3) is 0 Å². The number of thioether (sulfide) groups is 1. The highest BCUT2D eigenvalue weighted by Gasteiger charge is 2.09. The summed E-state index contributed by atoms with van der Waals surface area (Å²) in [5.41, 5.74) is 6.20. The predicted molar refractivity (Wildman–Crippen MR) is 71.2 cm³/mol. The van der Waals surface area contributed by atoms with Crippen molar-refractivity contribution in [3.8, 4) is 0 Å². The standard InChI is InChI=1S/C11H16N4O2S/c1-7(2)14-11(17)15-10(16)6-18-9-3-4-13-5-8(9)12/h3-5,7H,6,12H2,1-2H3,(H2,14,15,16,17). The summed E-state index contributed by atoms with van der Waals surface area (Å²) in [5.74, 6) is -0.242. The van der Waals surface area contributed by atoms with Crippen molar-refractivity contribution in [1.29, 1.82) is 0 Å². The number of rotatable bonds is 4. The smallest absolute Gasteiger partial charge is 0.321 e. The average Bonchev–Trinajstić information content (AvgIpc) is 2.26. The lowest BCUT2D eigenvalue weighted by Crippen LogP contribution is -2.43. The van der Waals surface area contributed by atoms with E-state index >= 15 is 0 Å². The van der Waals surface area contributed by atoms with E-state index < -0.39 is 6.03 Å². The fourth-order valence-electron chi connectivity index (χ4n) is 1.13. The van der Waals surface area contributed by atoms with Gasteiger partial charge in [0.2, 0.25) is 5.91 Å². The number of hydrogen-bond donors (Lipinski definition) is 3. The lowest BCUT2D eigenvalue weighted by molar-refractivity contribution is -0.117. The molecule has 18 heavy (non-hydrogen) atoms. The van der Waals surface area contributed by atoms with Crippen LogP contribution in [0.4, 0.5) is 10.5 Å². The van der Waals surface area contributed by atoms with Gasteiger partial charge in [-0.15, -0.1) is 11.8 Å². The molecule has 0 fully saturated rings. The van der Waals surface area contributed by atoms with Crippen LogP contribution in [0.3, 0.4) is 0 Å². The van der Waals surface area contributed by atoms with E-state index in [1.165, 1.54) is 18.0 Å². The van der Waals surface area contributed by atoms with Gasteiger partial charge < -0.3 is 11.1 Å². The highest BCUT2D eigenvalue weighted by Crippen LogP contribution is 2.22. The molecule has 1 aromatic heterocycles. The van der Waals surface area contributed by atoms with Crippen LogP contribution in [-0.2, 0) is 4.79 Å². The van der Waals surface area contributed by atoms with Gasteiger partial charge in [0.1, 0.15) is 0 Å².